The number of benzene rings is 1. The fourth-order valence-corrected chi connectivity index (χ4v) is 2.61. The third-order valence-corrected chi connectivity index (χ3v) is 4.26. The normalized spacial score (nSPS) is 10.6. The third-order valence-electron chi connectivity index (χ3n) is 4.26. The van der Waals surface area contributed by atoms with Gasteiger partial charge in [-0.25, -0.2) is 14.4 Å². The van der Waals surface area contributed by atoms with Gasteiger partial charge in [0.25, 0.3) is 5.91 Å². The molecule has 29 heavy (non-hydrogen) atoms. The Bertz CT molecular complexity index is 1030. The van der Waals surface area contributed by atoms with Crippen LogP contribution in [0.1, 0.15) is 29.5 Å². The Kier molecular flexibility index (Phi) is 5.87. The number of amides is 2. The molecule has 0 aliphatic heterocycles. The number of anilines is 2. The van der Waals surface area contributed by atoms with E-state index in [9.17, 15) is 14.0 Å². The first-order chi connectivity index (χ1) is 13.9. The number of halogens is 1. The predicted octanol–water partition coefficient (Wildman–Crippen LogP) is 2.76. The lowest BCUT2D eigenvalue weighted by molar-refractivity contribution is -0.118. The van der Waals surface area contributed by atoms with Gasteiger partial charge >= 0.3 is 0 Å². The standard InChI is InChI=1S/C20H20FN5O3/c1-3-18(27)26(2)15-6-5-13(8-14(15)21)20-25-11-16(29-20)19(28)24-10-12-4-7-17(22)23-9-12/h4-9,11H,3,10H2,1-2H3,(H2,22,23)(H,24,28). The minimum Gasteiger partial charge on any atom is -0.431 e. The number of carbonyl (C=O) groups excluding carboxylic acids is 2. The van der Waals surface area contributed by atoms with E-state index < -0.39 is 11.7 Å². The van der Waals surface area contributed by atoms with Gasteiger partial charge in [-0.05, 0) is 29.8 Å². The van der Waals surface area contributed by atoms with Crippen LogP contribution in [0.2, 0.25) is 0 Å². The lowest BCUT2D eigenvalue weighted by Crippen LogP contribution is -2.25. The summed E-state index contributed by atoms with van der Waals surface area (Å²) in [4.78, 5) is 33.2. The quantitative estimate of drug-likeness (QED) is 0.661. The molecular formula is C20H20FN5O3. The molecule has 0 bridgehead atoms. The van der Waals surface area contributed by atoms with Crippen molar-refractivity contribution in [1.82, 2.24) is 15.3 Å². The van der Waals surface area contributed by atoms with Crippen LogP contribution in [0.25, 0.3) is 11.5 Å². The van der Waals surface area contributed by atoms with E-state index in [1.54, 1.807) is 31.3 Å². The van der Waals surface area contributed by atoms with E-state index in [4.69, 9.17) is 10.2 Å². The van der Waals surface area contributed by atoms with Gasteiger partial charge in [-0.3, -0.25) is 9.59 Å². The van der Waals surface area contributed by atoms with Crippen LogP contribution in [0.3, 0.4) is 0 Å². The van der Waals surface area contributed by atoms with E-state index in [-0.39, 0.29) is 36.2 Å². The molecule has 2 amide bonds. The SMILES string of the molecule is CCC(=O)N(C)c1ccc(-c2ncc(C(=O)NCc3ccc(N)nc3)o2)cc1F. The summed E-state index contributed by atoms with van der Waals surface area (Å²) in [6, 6.07) is 7.64. The molecular weight excluding hydrogens is 377 g/mol. The minimum atomic E-state index is -0.591. The van der Waals surface area contributed by atoms with E-state index in [2.05, 4.69) is 15.3 Å². The molecule has 0 saturated heterocycles. The Labute approximate surface area is 166 Å². The highest BCUT2D eigenvalue weighted by atomic mass is 19.1. The zero-order chi connectivity index (χ0) is 21.0. The summed E-state index contributed by atoms with van der Waals surface area (Å²) in [5.41, 5.74) is 6.80. The average Bonchev–Trinajstić information content (AvgIpc) is 3.22. The van der Waals surface area contributed by atoms with E-state index in [1.807, 2.05) is 0 Å². The molecule has 0 atom stereocenters. The van der Waals surface area contributed by atoms with Crippen molar-refractivity contribution in [3.05, 3.63) is 59.9 Å². The van der Waals surface area contributed by atoms with Crippen molar-refractivity contribution in [3.63, 3.8) is 0 Å². The monoisotopic (exact) mass is 397 g/mol. The molecule has 150 valence electrons. The van der Waals surface area contributed by atoms with Gasteiger partial charge in [0.05, 0.1) is 11.9 Å². The van der Waals surface area contributed by atoms with Gasteiger partial charge in [0.2, 0.25) is 17.6 Å². The highest BCUT2D eigenvalue weighted by Gasteiger charge is 2.17. The number of hydrogen-bond acceptors (Lipinski definition) is 6. The van der Waals surface area contributed by atoms with E-state index in [0.717, 1.165) is 5.56 Å². The first-order valence-electron chi connectivity index (χ1n) is 8.90. The van der Waals surface area contributed by atoms with Crippen LogP contribution < -0.4 is 16.0 Å². The largest absolute Gasteiger partial charge is 0.431 e. The molecule has 0 unspecified atom stereocenters. The van der Waals surface area contributed by atoms with Crippen LogP contribution in [0.5, 0.6) is 0 Å². The number of nitrogens with zero attached hydrogens (tertiary/aromatic N) is 3. The summed E-state index contributed by atoms with van der Waals surface area (Å²) in [6.45, 7) is 1.94. The van der Waals surface area contributed by atoms with Crippen LogP contribution in [-0.2, 0) is 11.3 Å². The van der Waals surface area contributed by atoms with Crippen LogP contribution in [-0.4, -0.2) is 28.8 Å². The number of aromatic nitrogens is 2. The van der Waals surface area contributed by atoms with Gasteiger partial charge in [0.15, 0.2) is 0 Å². The lowest BCUT2D eigenvalue weighted by atomic mass is 10.2. The van der Waals surface area contributed by atoms with E-state index in [1.165, 1.54) is 30.3 Å². The fraction of sp³-hybridized carbons (Fsp3) is 0.200. The summed E-state index contributed by atoms with van der Waals surface area (Å²) in [5.74, 6) is -0.783. The number of nitrogen functional groups attached to an aromatic ring is 1. The Balaban J connectivity index is 1.70. The number of hydrogen-bond donors (Lipinski definition) is 2. The first-order valence-corrected chi connectivity index (χ1v) is 8.90. The summed E-state index contributed by atoms with van der Waals surface area (Å²) < 4.78 is 19.9. The number of pyridine rings is 1. The van der Waals surface area contributed by atoms with Crippen LogP contribution in [0, 0.1) is 5.82 Å². The molecule has 9 heteroatoms. The van der Waals surface area contributed by atoms with Crippen molar-refractivity contribution in [3.8, 4) is 11.5 Å². The molecule has 8 nitrogen and oxygen atoms in total. The molecule has 3 N–H and O–H groups in total. The third kappa shape index (κ3) is 4.57. The molecule has 0 saturated carbocycles. The van der Waals surface area contributed by atoms with E-state index >= 15 is 0 Å². The second kappa shape index (κ2) is 8.51. The van der Waals surface area contributed by atoms with Gasteiger partial charge in [-0.2, -0.15) is 0 Å². The molecule has 2 heterocycles. The smallest absolute Gasteiger partial charge is 0.288 e. The second-order valence-corrected chi connectivity index (χ2v) is 6.28. The lowest BCUT2D eigenvalue weighted by Gasteiger charge is -2.17. The molecule has 0 aliphatic rings. The predicted molar refractivity (Wildman–Crippen MR) is 105 cm³/mol. The maximum Gasteiger partial charge on any atom is 0.288 e. The molecule has 0 radical (unpaired) electrons. The summed E-state index contributed by atoms with van der Waals surface area (Å²) in [7, 11) is 1.51. The van der Waals surface area contributed by atoms with Crippen molar-refractivity contribution in [1.29, 1.82) is 0 Å². The van der Waals surface area contributed by atoms with Crippen molar-refractivity contribution in [2.45, 2.75) is 19.9 Å². The zero-order valence-electron chi connectivity index (χ0n) is 16.0. The Morgan fingerprint density at radius 3 is 2.66 bits per heavy atom. The number of carbonyl (C=O) groups is 2. The van der Waals surface area contributed by atoms with Crippen molar-refractivity contribution < 1.29 is 18.4 Å². The van der Waals surface area contributed by atoms with Crippen LogP contribution in [0.15, 0.2) is 47.1 Å². The zero-order valence-corrected chi connectivity index (χ0v) is 16.0. The van der Waals surface area contributed by atoms with Crippen LogP contribution >= 0.6 is 0 Å². The topological polar surface area (TPSA) is 114 Å². The molecule has 0 aliphatic carbocycles. The Morgan fingerprint density at radius 2 is 2.00 bits per heavy atom. The number of nitrogens with one attached hydrogen (secondary N) is 1. The maximum absolute atomic E-state index is 14.4. The van der Waals surface area contributed by atoms with Crippen molar-refractivity contribution in [2.75, 3.05) is 17.7 Å². The molecule has 0 fully saturated rings. The number of oxazole rings is 1. The fourth-order valence-electron chi connectivity index (χ4n) is 2.61. The number of rotatable bonds is 6. The molecule has 1 aromatic carbocycles. The molecule has 2 aromatic heterocycles. The van der Waals surface area contributed by atoms with Crippen molar-refractivity contribution >= 4 is 23.3 Å². The average molecular weight is 397 g/mol. The Hall–Kier alpha value is -3.75. The van der Waals surface area contributed by atoms with E-state index in [0.29, 0.717) is 11.4 Å². The summed E-state index contributed by atoms with van der Waals surface area (Å²) in [6.07, 6.45) is 3.10. The summed E-state index contributed by atoms with van der Waals surface area (Å²) in [5, 5.41) is 2.68. The van der Waals surface area contributed by atoms with Gasteiger partial charge in [-0.15, -0.1) is 0 Å². The Morgan fingerprint density at radius 1 is 1.21 bits per heavy atom. The molecule has 0 spiro atoms. The van der Waals surface area contributed by atoms with Gasteiger partial charge < -0.3 is 20.4 Å². The van der Waals surface area contributed by atoms with Crippen LogP contribution in [0.4, 0.5) is 15.9 Å². The summed E-state index contributed by atoms with van der Waals surface area (Å²) >= 11 is 0. The highest BCUT2D eigenvalue weighted by Crippen LogP contribution is 2.26. The minimum absolute atomic E-state index is 0.00818. The first kappa shape index (κ1) is 20.0. The molecule has 3 aromatic rings. The van der Waals surface area contributed by atoms with Gasteiger partial charge in [0, 0.05) is 31.8 Å². The van der Waals surface area contributed by atoms with Gasteiger partial charge in [0.1, 0.15) is 11.6 Å². The maximum atomic E-state index is 14.4. The second-order valence-electron chi connectivity index (χ2n) is 6.28. The number of nitrogens with two attached hydrogens (primary N) is 1. The van der Waals surface area contributed by atoms with Gasteiger partial charge in [-0.1, -0.05) is 13.0 Å². The van der Waals surface area contributed by atoms with Crippen molar-refractivity contribution in [2.24, 2.45) is 0 Å². The highest BCUT2D eigenvalue weighted by molar-refractivity contribution is 5.93. The molecule has 3 rings (SSSR count).